The van der Waals surface area contributed by atoms with Crippen molar-refractivity contribution in [3.63, 3.8) is 0 Å². The molecule has 0 bridgehead atoms. The van der Waals surface area contributed by atoms with Crippen LogP contribution in [0.25, 0.3) is 0 Å². The Morgan fingerprint density at radius 3 is 2.45 bits per heavy atom. The van der Waals surface area contributed by atoms with Crippen LogP contribution in [0, 0.1) is 0 Å². The van der Waals surface area contributed by atoms with Crippen LogP contribution in [-0.4, -0.2) is 52.0 Å². The van der Waals surface area contributed by atoms with Crippen LogP contribution in [0.3, 0.4) is 0 Å². The van der Waals surface area contributed by atoms with Crippen LogP contribution in [0.15, 0.2) is 59.1 Å². The average Bonchev–Trinajstić information content (AvgIpc) is 3.22. The summed E-state index contributed by atoms with van der Waals surface area (Å²) in [6.07, 6.45) is 0.653. The highest BCUT2D eigenvalue weighted by Gasteiger charge is 2.28. The molecule has 1 aliphatic rings. The molecule has 3 aromatic rings. The first kappa shape index (κ1) is 19.6. The summed E-state index contributed by atoms with van der Waals surface area (Å²) in [6.45, 7) is 4.91. The zero-order chi connectivity index (χ0) is 20.2. The van der Waals surface area contributed by atoms with E-state index in [1.807, 2.05) is 23.1 Å². The molecule has 7 heteroatoms. The number of aromatic nitrogens is 2. The highest BCUT2D eigenvalue weighted by molar-refractivity contribution is 6.30. The molecule has 2 heterocycles. The predicted octanol–water partition coefficient (Wildman–Crippen LogP) is 3.83. The number of amides is 1. The second kappa shape index (κ2) is 8.76. The fourth-order valence-corrected chi connectivity index (χ4v) is 3.66. The van der Waals surface area contributed by atoms with Gasteiger partial charge in [-0.05, 0) is 36.8 Å². The molecule has 2 aromatic carbocycles. The lowest BCUT2D eigenvalue weighted by molar-refractivity contribution is 0.0551. The third kappa shape index (κ3) is 4.66. The van der Waals surface area contributed by atoms with Gasteiger partial charge in [0, 0.05) is 43.2 Å². The Kier molecular flexibility index (Phi) is 5.92. The van der Waals surface area contributed by atoms with Gasteiger partial charge in [-0.1, -0.05) is 47.1 Å². The molecule has 1 atom stereocenters. The second-order valence-corrected chi connectivity index (χ2v) is 7.66. The van der Waals surface area contributed by atoms with E-state index in [9.17, 15) is 4.79 Å². The first-order chi connectivity index (χ1) is 14.1. The molecule has 0 N–H and O–H groups in total. The SMILES string of the molecule is C[C@H](c1nc(Cc2ccccc2)no1)N1CCN(C(=O)c2ccc(Cl)cc2)CC1. The van der Waals surface area contributed by atoms with E-state index in [0.717, 1.165) is 18.7 Å². The summed E-state index contributed by atoms with van der Waals surface area (Å²) in [5, 5.41) is 4.76. The van der Waals surface area contributed by atoms with Gasteiger partial charge in [-0.2, -0.15) is 4.98 Å². The Morgan fingerprint density at radius 1 is 1.07 bits per heavy atom. The van der Waals surface area contributed by atoms with E-state index in [4.69, 9.17) is 16.1 Å². The van der Waals surface area contributed by atoms with E-state index < -0.39 is 0 Å². The molecule has 0 spiro atoms. The van der Waals surface area contributed by atoms with Gasteiger partial charge in [0.1, 0.15) is 0 Å². The molecular formula is C22H23ClN4O2. The van der Waals surface area contributed by atoms with Gasteiger partial charge >= 0.3 is 0 Å². The maximum Gasteiger partial charge on any atom is 0.253 e. The number of benzene rings is 2. The smallest absolute Gasteiger partial charge is 0.253 e. The van der Waals surface area contributed by atoms with Gasteiger partial charge in [0.2, 0.25) is 5.89 Å². The highest BCUT2D eigenvalue weighted by Crippen LogP contribution is 2.22. The minimum Gasteiger partial charge on any atom is -0.338 e. The Labute approximate surface area is 175 Å². The van der Waals surface area contributed by atoms with Crippen LogP contribution < -0.4 is 0 Å². The Hall–Kier alpha value is -2.70. The van der Waals surface area contributed by atoms with Crippen LogP contribution in [0.1, 0.15) is 40.6 Å². The summed E-state index contributed by atoms with van der Waals surface area (Å²) in [5.41, 5.74) is 1.82. The van der Waals surface area contributed by atoms with Gasteiger partial charge in [-0.3, -0.25) is 9.69 Å². The van der Waals surface area contributed by atoms with Gasteiger partial charge in [-0.15, -0.1) is 0 Å². The minimum atomic E-state index is 0.0137. The number of rotatable bonds is 5. The fourth-order valence-electron chi connectivity index (χ4n) is 3.53. The molecule has 150 valence electrons. The quantitative estimate of drug-likeness (QED) is 0.639. The molecule has 0 aliphatic carbocycles. The van der Waals surface area contributed by atoms with Crippen molar-refractivity contribution >= 4 is 17.5 Å². The van der Waals surface area contributed by atoms with Gasteiger partial charge in [-0.25, -0.2) is 0 Å². The Morgan fingerprint density at radius 2 is 1.76 bits per heavy atom. The monoisotopic (exact) mass is 410 g/mol. The molecule has 1 amide bonds. The maximum absolute atomic E-state index is 12.7. The molecule has 1 fully saturated rings. The lowest BCUT2D eigenvalue weighted by atomic mass is 10.1. The van der Waals surface area contributed by atoms with Crippen molar-refractivity contribution in [1.82, 2.24) is 19.9 Å². The molecule has 29 heavy (non-hydrogen) atoms. The molecule has 6 nitrogen and oxygen atoms in total. The van der Waals surface area contributed by atoms with E-state index in [1.54, 1.807) is 24.3 Å². The number of hydrogen-bond donors (Lipinski definition) is 0. The van der Waals surface area contributed by atoms with Crippen LogP contribution >= 0.6 is 11.6 Å². The van der Waals surface area contributed by atoms with E-state index in [0.29, 0.717) is 41.8 Å². The third-order valence-electron chi connectivity index (χ3n) is 5.29. The molecule has 0 radical (unpaired) electrons. The first-order valence-corrected chi connectivity index (χ1v) is 10.1. The zero-order valence-electron chi connectivity index (χ0n) is 16.3. The van der Waals surface area contributed by atoms with Crippen molar-refractivity contribution in [2.75, 3.05) is 26.2 Å². The summed E-state index contributed by atoms with van der Waals surface area (Å²) >= 11 is 5.91. The van der Waals surface area contributed by atoms with Gasteiger partial charge in [0.05, 0.1) is 6.04 Å². The number of nitrogens with zero attached hydrogens (tertiary/aromatic N) is 4. The van der Waals surface area contributed by atoms with E-state index in [2.05, 4.69) is 34.1 Å². The predicted molar refractivity (Wildman–Crippen MR) is 111 cm³/mol. The summed E-state index contributed by atoms with van der Waals surface area (Å²) in [7, 11) is 0. The number of hydrogen-bond acceptors (Lipinski definition) is 5. The molecule has 0 saturated carbocycles. The fraction of sp³-hybridized carbons (Fsp3) is 0.318. The summed E-state index contributed by atoms with van der Waals surface area (Å²) in [4.78, 5) is 21.4. The third-order valence-corrected chi connectivity index (χ3v) is 5.54. The normalized spacial score (nSPS) is 16.0. The molecule has 4 rings (SSSR count). The molecule has 1 saturated heterocycles. The van der Waals surface area contributed by atoms with Crippen molar-refractivity contribution in [3.05, 3.63) is 82.5 Å². The maximum atomic E-state index is 12.7. The number of halogens is 1. The van der Waals surface area contributed by atoms with Crippen molar-refractivity contribution < 1.29 is 9.32 Å². The minimum absolute atomic E-state index is 0.0137. The standard InChI is InChI=1S/C22H23ClN4O2/c1-16(21-24-20(25-29-21)15-17-5-3-2-4-6-17)26-11-13-27(14-12-26)22(28)18-7-9-19(23)10-8-18/h2-10,16H,11-15H2,1H3/t16-/m1/s1. The van der Waals surface area contributed by atoms with Crippen LogP contribution in [0.2, 0.25) is 5.02 Å². The number of piperazine rings is 1. The molecule has 1 aromatic heterocycles. The van der Waals surface area contributed by atoms with E-state index in [1.165, 1.54) is 0 Å². The molecule has 0 unspecified atom stereocenters. The van der Waals surface area contributed by atoms with Gasteiger partial charge in [0.25, 0.3) is 5.91 Å². The first-order valence-electron chi connectivity index (χ1n) is 9.75. The summed E-state index contributed by atoms with van der Waals surface area (Å²) < 4.78 is 5.51. The summed E-state index contributed by atoms with van der Waals surface area (Å²) in [5.74, 6) is 1.35. The van der Waals surface area contributed by atoms with Crippen molar-refractivity contribution in [2.24, 2.45) is 0 Å². The van der Waals surface area contributed by atoms with Crippen molar-refractivity contribution in [3.8, 4) is 0 Å². The Bertz CT molecular complexity index is 950. The lowest BCUT2D eigenvalue weighted by Gasteiger charge is -2.36. The Balaban J connectivity index is 1.34. The second-order valence-electron chi connectivity index (χ2n) is 7.22. The lowest BCUT2D eigenvalue weighted by Crippen LogP contribution is -2.49. The van der Waals surface area contributed by atoms with Gasteiger partial charge in [0.15, 0.2) is 5.82 Å². The molecule has 1 aliphatic heterocycles. The largest absolute Gasteiger partial charge is 0.338 e. The topological polar surface area (TPSA) is 62.5 Å². The van der Waals surface area contributed by atoms with Gasteiger partial charge < -0.3 is 9.42 Å². The van der Waals surface area contributed by atoms with E-state index in [-0.39, 0.29) is 11.9 Å². The molecular weight excluding hydrogens is 388 g/mol. The highest BCUT2D eigenvalue weighted by atomic mass is 35.5. The summed E-state index contributed by atoms with van der Waals surface area (Å²) in [6, 6.07) is 17.1. The average molecular weight is 411 g/mol. The van der Waals surface area contributed by atoms with Crippen LogP contribution in [-0.2, 0) is 6.42 Å². The zero-order valence-corrected chi connectivity index (χ0v) is 17.0. The van der Waals surface area contributed by atoms with Crippen molar-refractivity contribution in [1.29, 1.82) is 0 Å². The van der Waals surface area contributed by atoms with Crippen LogP contribution in [0.5, 0.6) is 0 Å². The van der Waals surface area contributed by atoms with Crippen molar-refractivity contribution in [2.45, 2.75) is 19.4 Å². The number of carbonyl (C=O) groups is 1. The number of carbonyl (C=O) groups excluding carboxylic acids is 1. The van der Waals surface area contributed by atoms with Crippen LogP contribution in [0.4, 0.5) is 0 Å². The van der Waals surface area contributed by atoms with E-state index >= 15 is 0 Å².